The van der Waals surface area contributed by atoms with Crippen LogP contribution in [-0.4, -0.2) is 28.4 Å². The summed E-state index contributed by atoms with van der Waals surface area (Å²) in [5.74, 6) is -0.266. The molecule has 0 aliphatic carbocycles. The van der Waals surface area contributed by atoms with Crippen molar-refractivity contribution in [3.8, 4) is 0 Å². The Balaban J connectivity index is 2.96. The second-order valence-electron chi connectivity index (χ2n) is 2.95. The molecule has 0 saturated heterocycles. The molecule has 1 atom stereocenters. The Morgan fingerprint density at radius 2 is 2.13 bits per heavy atom. The average molecular weight is 225 g/mol. The maximum absolute atomic E-state index is 11.6. The number of ketones is 1. The van der Waals surface area contributed by atoms with E-state index in [0.717, 1.165) is 0 Å². The van der Waals surface area contributed by atoms with Crippen LogP contribution in [-0.2, 0) is 15.6 Å². The van der Waals surface area contributed by atoms with Crippen LogP contribution in [0.2, 0.25) is 0 Å². The van der Waals surface area contributed by atoms with Crippen LogP contribution in [0.5, 0.6) is 0 Å². The van der Waals surface area contributed by atoms with E-state index in [4.69, 9.17) is 0 Å². The summed E-state index contributed by atoms with van der Waals surface area (Å²) in [6.07, 6.45) is 1.97. The zero-order valence-corrected chi connectivity index (χ0v) is 9.04. The van der Waals surface area contributed by atoms with E-state index in [1.54, 1.807) is 24.3 Å². The van der Waals surface area contributed by atoms with E-state index >= 15 is 0 Å². The van der Waals surface area contributed by atoms with Gasteiger partial charge in [0, 0.05) is 22.6 Å². The summed E-state index contributed by atoms with van der Waals surface area (Å²) in [5.41, 5.74) is 0.836. The zero-order valence-electron chi connectivity index (χ0n) is 8.23. The second kappa shape index (κ2) is 5.41. The molecule has 0 radical (unpaired) electrons. The lowest BCUT2D eigenvalue weighted by Crippen LogP contribution is -2.12. The van der Waals surface area contributed by atoms with Gasteiger partial charge in [0.15, 0.2) is 5.78 Å². The molecule has 0 heterocycles. The van der Waals surface area contributed by atoms with E-state index in [1.165, 1.54) is 6.26 Å². The summed E-state index contributed by atoms with van der Waals surface area (Å²) in [5, 5.41) is 2.43. The standard InChI is InChI=1S/C10H11NO3S/c1-15(14)6-10(13)8-4-2-3-5-9(8)11-7-12/h2-5,7H,6H2,1H3,(H,11,12). The molecule has 0 spiro atoms. The van der Waals surface area contributed by atoms with Gasteiger partial charge >= 0.3 is 0 Å². The highest BCUT2D eigenvalue weighted by atomic mass is 32.2. The van der Waals surface area contributed by atoms with Crippen molar-refractivity contribution < 1.29 is 13.8 Å². The van der Waals surface area contributed by atoms with Gasteiger partial charge in [-0.15, -0.1) is 0 Å². The number of benzene rings is 1. The van der Waals surface area contributed by atoms with Gasteiger partial charge in [0.2, 0.25) is 6.41 Å². The molecule has 15 heavy (non-hydrogen) atoms. The molecule has 0 aliphatic heterocycles. The Morgan fingerprint density at radius 3 is 2.73 bits per heavy atom. The summed E-state index contributed by atoms with van der Waals surface area (Å²) >= 11 is 0. The van der Waals surface area contributed by atoms with Gasteiger partial charge in [0.1, 0.15) is 0 Å². The number of anilines is 1. The molecule has 1 aromatic carbocycles. The van der Waals surface area contributed by atoms with Crippen molar-refractivity contribution >= 4 is 28.7 Å². The molecule has 1 N–H and O–H groups in total. The Kier molecular flexibility index (Phi) is 4.17. The van der Waals surface area contributed by atoms with Crippen LogP contribution in [0.1, 0.15) is 10.4 Å². The minimum atomic E-state index is -1.17. The Hall–Kier alpha value is -1.49. The number of nitrogens with one attached hydrogen (secondary N) is 1. The first-order chi connectivity index (χ1) is 7.15. The van der Waals surface area contributed by atoms with E-state index in [2.05, 4.69) is 5.32 Å². The van der Waals surface area contributed by atoms with Gasteiger partial charge in [-0.2, -0.15) is 0 Å². The minimum Gasteiger partial charge on any atom is -0.328 e. The summed E-state index contributed by atoms with van der Waals surface area (Å²) in [6, 6.07) is 6.63. The van der Waals surface area contributed by atoms with Crippen LogP contribution in [0.15, 0.2) is 24.3 Å². The topological polar surface area (TPSA) is 63.2 Å². The third kappa shape index (κ3) is 3.28. The lowest BCUT2D eigenvalue weighted by atomic mass is 10.1. The number of rotatable bonds is 5. The van der Waals surface area contributed by atoms with E-state index in [9.17, 15) is 13.8 Å². The molecule has 4 nitrogen and oxygen atoms in total. The predicted octanol–water partition coefficient (Wildman–Crippen LogP) is 0.816. The molecule has 0 fully saturated rings. The van der Waals surface area contributed by atoms with Crippen LogP contribution in [0.25, 0.3) is 0 Å². The van der Waals surface area contributed by atoms with Crippen molar-refractivity contribution in [1.29, 1.82) is 0 Å². The molecule has 0 bridgehead atoms. The Labute approximate surface area is 90.1 Å². The molecular formula is C10H11NO3S. The number of para-hydroxylation sites is 1. The number of hydrogen-bond acceptors (Lipinski definition) is 3. The highest BCUT2D eigenvalue weighted by Crippen LogP contribution is 2.14. The lowest BCUT2D eigenvalue weighted by molar-refractivity contribution is -0.105. The zero-order chi connectivity index (χ0) is 11.3. The SMILES string of the molecule is CS(=O)CC(=O)c1ccccc1NC=O. The van der Waals surface area contributed by atoms with Crippen LogP contribution in [0.4, 0.5) is 5.69 Å². The third-order valence-electron chi connectivity index (χ3n) is 1.78. The van der Waals surface area contributed by atoms with Crippen molar-refractivity contribution in [1.82, 2.24) is 0 Å². The van der Waals surface area contributed by atoms with E-state index in [-0.39, 0.29) is 11.5 Å². The van der Waals surface area contributed by atoms with Crippen LogP contribution < -0.4 is 5.32 Å². The lowest BCUT2D eigenvalue weighted by Gasteiger charge is -2.05. The maximum atomic E-state index is 11.6. The van der Waals surface area contributed by atoms with Crippen molar-refractivity contribution in [2.45, 2.75) is 0 Å². The first kappa shape index (κ1) is 11.6. The molecule has 80 valence electrons. The van der Waals surface area contributed by atoms with Gasteiger partial charge in [-0.3, -0.25) is 13.8 Å². The number of hydrogen-bond donors (Lipinski definition) is 1. The molecule has 0 aromatic heterocycles. The molecule has 5 heteroatoms. The number of carbonyl (C=O) groups excluding carboxylic acids is 2. The van der Waals surface area contributed by atoms with Crippen LogP contribution in [0, 0.1) is 0 Å². The number of Topliss-reactive ketones (excluding diaryl/α,β-unsaturated/α-hetero) is 1. The second-order valence-corrected chi connectivity index (χ2v) is 4.38. The van der Waals surface area contributed by atoms with Gasteiger partial charge in [-0.05, 0) is 12.1 Å². The largest absolute Gasteiger partial charge is 0.328 e. The average Bonchev–Trinajstić information content (AvgIpc) is 2.18. The van der Waals surface area contributed by atoms with E-state index in [1.807, 2.05) is 0 Å². The normalized spacial score (nSPS) is 11.8. The van der Waals surface area contributed by atoms with Crippen LogP contribution in [0.3, 0.4) is 0 Å². The summed E-state index contributed by atoms with van der Waals surface area (Å²) in [4.78, 5) is 21.9. The van der Waals surface area contributed by atoms with Crippen molar-refractivity contribution in [2.24, 2.45) is 0 Å². The van der Waals surface area contributed by atoms with Gasteiger partial charge in [-0.25, -0.2) is 0 Å². The summed E-state index contributed by atoms with van der Waals surface area (Å²) < 4.78 is 10.9. The maximum Gasteiger partial charge on any atom is 0.211 e. The van der Waals surface area contributed by atoms with Gasteiger partial charge in [0.05, 0.1) is 11.4 Å². The molecule has 1 rings (SSSR count). The smallest absolute Gasteiger partial charge is 0.211 e. The van der Waals surface area contributed by atoms with E-state index < -0.39 is 10.8 Å². The number of amides is 1. The summed E-state index contributed by atoms with van der Waals surface area (Å²) in [7, 11) is -1.17. The summed E-state index contributed by atoms with van der Waals surface area (Å²) in [6.45, 7) is 0. The van der Waals surface area contributed by atoms with Gasteiger partial charge in [0.25, 0.3) is 0 Å². The van der Waals surface area contributed by atoms with Crippen molar-refractivity contribution in [3.63, 3.8) is 0 Å². The van der Waals surface area contributed by atoms with Crippen molar-refractivity contribution in [2.75, 3.05) is 17.3 Å². The molecule has 1 unspecified atom stereocenters. The highest BCUT2D eigenvalue weighted by Gasteiger charge is 2.11. The van der Waals surface area contributed by atoms with Gasteiger partial charge < -0.3 is 5.32 Å². The monoisotopic (exact) mass is 225 g/mol. The quantitative estimate of drug-likeness (QED) is 0.596. The highest BCUT2D eigenvalue weighted by molar-refractivity contribution is 7.85. The fraction of sp³-hybridized carbons (Fsp3) is 0.200. The fourth-order valence-corrected chi connectivity index (χ4v) is 1.70. The molecule has 0 aliphatic rings. The molecule has 0 saturated carbocycles. The Bertz CT molecular complexity index is 403. The third-order valence-corrected chi connectivity index (χ3v) is 2.44. The van der Waals surface area contributed by atoms with Crippen LogP contribution >= 0.6 is 0 Å². The first-order valence-electron chi connectivity index (χ1n) is 4.27. The molecule has 1 amide bonds. The first-order valence-corrected chi connectivity index (χ1v) is 6.00. The van der Waals surface area contributed by atoms with Crippen molar-refractivity contribution in [3.05, 3.63) is 29.8 Å². The molecule has 1 aromatic rings. The predicted molar refractivity (Wildman–Crippen MR) is 59.4 cm³/mol. The number of carbonyl (C=O) groups is 2. The van der Waals surface area contributed by atoms with E-state index in [0.29, 0.717) is 17.7 Å². The minimum absolute atomic E-state index is 0.0302. The molecular weight excluding hydrogens is 214 g/mol. The van der Waals surface area contributed by atoms with Gasteiger partial charge in [-0.1, -0.05) is 12.1 Å². The fourth-order valence-electron chi connectivity index (χ4n) is 1.18. The Morgan fingerprint density at radius 1 is 1.47 bits per heavy atom.